The number of rotatable bonds is 8. The van der Waals surface area contributed by atoms with Gasteiger partial charge in [-0.05, 0) is 38.3 Å². The average molecular weight is 487 g/mol. The smallest absolute Gasteiger partial charge is 0.297 e. The number of pyridine rings is 1. The van der Waals surface area contributed by atoms with Gasteiger partial charge in [0.1, 0.15) is 13.0 Å². The molecule has 0 spiro atoms. The van der Waals surface area contributed by atoms with Crippen molar-refractivity contribution in [2.75, 3.05) is 62.2 Å². The van der Waals surface area contributed by atoms with Crippen LogP contribution in [-0.2, 0) is 9.30 Å². The maximum atomic E-state index is 13.4. The van der Waals surface area contributed by atoms with Gasteiger partial charge in [-0.3, -0.25) is 4.79 Å². The van der Waals surface area contributed by atoms with Gasteiger partial charge < -0.3 is 34.4 Å². The van der Waals surface area contributed by atoms with E-state index in [1.165, 1.54) is 0 Å². The van der Waals surface area contributed by atoms with E-state index in [-0.39, 0.29) is 31.2 Å². The molecule has 1 aromatic carbocycles. The van der Waals surface area contributed by atoms with Crippen molar-refractivity contribution in [3.63, 3.8) is 0 Å². The average Bonchev–Trinajstić information content (AvgIpc) is 3.23. The highest BCUT2D eigenvalue weighted by molar-refractivity contribution is 7.70. The van der Waals surface area contributed by atoms with E-state index in [9.17, 15) is 9.36 Å². The highest BCUT2D eigenvalue weighted by Gasteiger charge is 2.26. The number of methoxy groups -OCH3 is 1. The number of aliphatic hydroxyl groups excluding tert-OH is 1. The second-order valence-corrected chi connectivity index (χ2v) is 11.8. The first kappa shape index (κ1) is 24.2. The van der Waals surface area contributed by atoms with Crippen LogP contribution in [0.1, 0.15) is 23.2 Å². The molecule has 1 amide bonds. The summed E-state index contributed by atoms with van der Waals surface area (Å²) in [4.78, 5) is 24.5. The second-order valence-electron chi connectivity index (χ2n) is 8.63. The summed E-state index contributed by atoms with van der Waals surface area (Å²) in [5, 5.41) is 15.5. The Morgan fingerprint density at radius 1 is 1.26 bits per heavy atom. The van der Waals surface area contributed by atoms with Crippen molar-refractivity contribution in [2.45, 2.75) is 18.9 Å². The minimum Gasteiger partial charge on any atom is -0.422 e. The van der Waals surface area contributed by atoms with Crippen LogP contribution in [0, 0.1) is 0 Å². The van der Waals surface area contributed by atoms with Crippen molar-refractivity contribution in [1.29, 1.82) is 0 Å². The molecule has 11 heteroatoms. The zero-order valence-electron chi connectivity index (χ0n) is 19.6. The Hall–Kier alpha value is -2.94. The third kappa shape index (κ3) is 5.41. The number of carbonyl (C=O) groups excluding carboxylic acids is 1. The quantitative estimate of drug-likeness (QED) is 0.411. The number of oxazole rings is 1. The van der Waals surface area contributed by atoms with Crippen molar-refractivity contribution >= 4 is 47.1 Å². The Morgan fingerprint density at radius 3 is 2.71 bits per heavy atom. The predicted octanol–water partition coefficient (Wildman–Crippen LogP) is 2.74. The Morgan fingerprint density at radius 2 is 2.03 bits per heavy atom. The van der Waals surface area contributed by atoms with E-state index in [0.717, 1.165) is 12.8 Å². The van der Waals surface area contributed by atoms with Crippen LogP contribution in [0.4, 0.5) is 17.5 Å². The summed E-state index contributed by atoms with van der Waals surface area (Å²) >= 11 is 0. The van der Waals surface area contributed by atoms with Crippen molar-refractivity contribution in [3.05, 3.63) is 35.9 Å². The topological polar surface area (TPSA) is 130 Å². The number of amides is 1. The lowest BCUT2D eigenvalue weighted by molar-refractivity contribution is 0.0817. The zero-order valence-corrected chi connectivity index (χ0v) is 20.5. The molecule has 3 heterocycles. The van der Waals surface area contributed by atoms with Crippen LogP contribution in [0.3, 0.4) is 0 Å². The van der Waals surface area contributed by atoms with Crippen LogP contribution >= 0.6 is 7.14 Å². The SMILES string of the molecule is COC1CCN(c2nc3nc(NCCO)oc3cc2C(=O)Nc2cccc(P(C)(C)=O)c2)CC1. The van der Waals surface area contributed by atoms with E-state index >= 15 is 0 Å². The van der Waals surface area contributed by atoms with Crippen LogP contribution in [0.5, 0.6) is 0 Å². The maximum Gasteiger partial charge on any atom is 0.297 e. The largest absolute Gasteiger partial charge is 0.422 e. The van der Waals surface area contributed by atoms with E-state index in [0.29, 0.717) is 46.7 Å². The summed E-state index contributed by atoms with van der Waals surface area (Å²) in [6, 6.07) is 8.94. The van der Waals surface area contributed by atoms with E-state index in [2.05, 4.69) is 25.5 Å². The fourth-order valence-corrected chi connectivity index (χ4v) is 4.82. The number of fused-ring (bicyclic) bond motifs is 1. The zero-order chi connectivity index (χ0) is 24.3. The van der Waals surface area contributed by atoms with E-state index in [4.69, 9.17) is 14.3 Å². The van der Waals surface area contributed by atoms with Gasteiger partial charge in [0.2, 0.25) is 5.65 Å². The molecule has 34 heavy (non-hydrogen) atoms. The molecule has 4 rings (SSSR count). The molecule has 182 valence electrons. The van der Waals surface area contributed by atoms with Gasteiger partial charge in [0.15, 0.2) is 5.58 Å². The number of anilines is 3. The van der Waals surface area contributed by atoms with E-state index < -0.39 is 7.14 Å². The van der Waals surface area contributed by atoms with Crippen molar-refractivity contribution in [3.8, 4) is 0 Å². The monoisotopic (exact) mass is 487 g/mol. The van der Waals surface area contributed by atoms with Crippen LogP contribution in [-0.4, -0.2) is 73.8 Å². The minimum atomic E-state index is -2.47. The van der Waals surface area contributed by atoms with Crippen molar-refractivity contribution < 1.29 is 23.6 Å². The predicted molar refractivity (Wildman–Crippen MR) is 133 cm³/mol. The molecule has 0 radical (unpaired) electrons. The Kier molecular flexibility index (Phi) is 7.21. The fraction of sp³-hybridized carbons (Fsp3) is 0.435. The molecule has 0 bridgehead atoms. The number of aliphatic hydroxyl groups is 1. The van der Waals surface area contributed by atoms with Gasteiger partial charge in [-0.15, -0.1) is 0 Å². The van der Waals surface area contributed by atoms with Crippen molar-refractivity contribution in [1.82, 2.24) is 9.97 Å². The van der Waals surface area contributed by atoms with E-state index in [1.807, 2.05) is 0 Å². The summed E-state index contributed by atoms with van der Waals surface area (Å²) in [5.74, 6) is 0.174. The number of hydrogen-bond acceptors (Lipinski definition) is 9. The minimum absolute atomic E-state index is 0.0684. The molecule has 3 N–H and O–H groups in total. The lowest BCUT2D eigenvalue weighted by Crippen LogP contribution is -2.38. The number of aromatic nitrogens is 2. The Balaban J connectivity index is 1.68. The highest BCUT2D eigenvalue weighted by Crippen LogP contribution is 2.35. The standard InChI is InChI=1S/C23H30N5O5P/c1-32-16-7-10-28(11-8-16)21-18(14-19-20(26-21)27-23(33-19)24-9-12-29)22(30)25-15-5-4-6-17(13-15)34(2,3)31/h4-6,13-14,16,29H,7-12H2,1-3H3,(H,25,30)(H,24,26,27). The molecular weight excluding hydrogens is 457 g/mol. The maximum absolute atomic E-state index is 13.4. The number of hydrogen-bond donors (Lipinski definition) is 3. The molecule has 0 saturated carbocycles. The number of carbonyl (C=O) groups is 1. The Labute approximate surface area is 198 Å². The van der Waals surface area contributed by atoms with Crippen LogP contribution < -0.4 is 20.8 Å². The first-order valence-electron chi connectivity index (χ1n) is 11.2. The second kappa shape index (κ2) is 10.1. The molecule has 2 aromatic heterocycles. The van der Waals surface area contributed by atoms with Gasteiger partial charge in [-0.1, -0.05) is 12.1 Å². The molecule has 0 atom stereocenters. The number of ether oxygens (including phenoxy) is 1. The first-order chi connectivity index (χ1) is 16.3. The summed E-state index contributed by atoms with van der Waals surface area (Å²) in [6.45, 7) is 4.98. The molecule has 1 fully saturated rings. The molecule has 0 unspecified atom stereocenters. The molecule has 1 aliphatic rings. The van der Waals surface area contributed by atoms with Crippen LogP contribution in [0.2, 0.25) is 0 Å². The summed E-state index contributed by atoms with van der Waals surface area (Å²) in [7, 11) is -0.764. The molecular formula is C23H30N5O5P. The number of piperidine rings is 1. The summed E-state index contributed by atoms with van der Waals surface area (Å²) < 4.78 is 23.7. The Bertz CT molecular complexity index is 1220. The normalized spacial score (nSPS) is 15.0. The van der Waals surface area contributed by atoms with E-state index in [1.54, 1.807) is 50.8 Å². The third-order valence-corrected chi connectivity index (χ3v) is 7.32. The molecule has 10 nitrogen and oxygen atoms in total. The lowest BCUT2D eigenvalue weighted by atomic mass is 10.1. The number of nitrogens with zero attached hydrogens (tertiary/aromatic N) is 3. The van der Waals surface area contributed by atoms with Crippen LogP contribution in [0.25, 0.3) is 11.2 Å². The van der Waals surface area contributed by atoms with Gasteiger partial charge in [0.05, 0.1) is 18.3 Å². The summed E-state index contributed by atoms with van der Waals surface area (Å²) in [5.41, 5.74) is 1.65. The number of nitrogens with one attached hydrogen (secondary N) is 2. The van der Waals surface area contributed by atoms with Gasteiger partial charge in [0, 0.05) is 43.8 Å². The van der Waals surface area contributed by atoms with Gasteiger partial charge >= 0.3 is 0 Å². The first-order valence-corrected chi connectivity index (χ1v) is 13.8. The van der Waals surface area contributed by atoms with Gasteiger partial charge in [-0.25, -0.2) is 4.98 Å². The molecule has 1 saturated heterocycles. The third-order valence-electron chi connectivity index (χ3n) is 5.80. The van der Waals surface area contributed by atoms with Crippen LogP contribution in [0.15, 0.2) is 34.7 Å². The van der Waals surface area contributed by atoms with Gasteiger partial charge in [-0.2, -0.15) is 4.98 Å². The fourth-order valence-electron chi connectivity index (χ4n) is 3.92. The number of benzene rings is 1. The summed E-state index contributed by atoms with van der Waals surface area (Å²) in [6.07, 6.45) is 1.83. The lowest BCUT2D eigenvalue weighted by Gasteiger charge is -2.32. The highest BCUT2D eigenvalue weighted by atomic mass is 31.2. The van der Waals surface area contributed by atoms with Gasteiger partial charge in [0.25, 0.3) is 11.9 Å². The van der Waals surface area contributed by atoms with Crippen molar-refractivity contribution in [2.24, 2.45) is 0 Å². The molecule has 1 aliphatic heterocycles. The molecule has 0 aliphatic carbocycles. The molecule has 3 aromatic rings.